The molecule has 0 bridgehead atoms. The lowest BCUT2D eigenvalue weighted by Crippen LogP contribution is -2.19. The van der Waals surface area contributed by atoms with E-state index in [1.165, 1.54) is 12.1 Å². The monoisotopic (exact) mass is 258 g/mol. The van der Waals surface area contributed by atoms with Crippen molar-refractivity contribution < 1.29 is 8.78 Å². The van der Waals surface area contributed by atoms with E-state index in [2.05, 4.69) is 16.1 Å². The van der Waals surface area contributed by atoms with Crippen molar-refractivity contribution in [3.8, 4) is 0 Å². The van der Waals surface area contributed by atoms with Gasteiger partial charge in [-0.3, -0.25) is 0 Å². The first-order chi connectivity index (χ1) is 5.13. The third kappa shape index (κ3) is 2.30. The highest BCUT2D eigenvalue weighted by atomic mass is 79.9. The largest absolute Gasteiger partial charge is 0.242 e. The Kier molecular flexibility index (Phi) is 4.44. The molecule has 0 fully saturated rings. The van der Waals surface area contributed by atoms with Crippen LogP contribution in [0.1, 0.15) is 0 Å². The first-order valence-electron chi connectivity index (χ1n) is 2.77. The van der Waals surface area contributed by atoms with E-state index >= 15 is 0 Å². The summed E-state index contributed by atoms with van der Waals surface area (Å²) in [4.78, 5) is 0. The predicted molar refractivity (Wildman–Crippen MR) is 49.2 cm³/mol. The van der Waals surface area contributed by atoms with Gasteiger partial charge < -0.3 is 0 Å². The van der Waals surface area contributed by atoms with E-state index in [1.54, 1.807) is 0 Å². The van der Waals surface area contributed by atoms with Gasteiger partial charge in [-0.15, -0.1) is 12.4 Å². The SMILES string of the molecule is Cl.NN(Br)c1cccc(F)c1F. The first kappa shape index (κ1) is 11.6. The Labute approximate surface area is 83.1 Å². The molecule has 1 aromatic carbocycles. The average molecular weight is 259 g/mol. The molecule has 0 heterocycles. The van der Waals surface area contributed by atoms with E-state index < -0.39 is 11.6 Å². The maximum atomic E-state index is 12.7. The summed E-state index contributed by atoms with van der Waals surface area (Å²) in [5, 5.41) is 0. The molecule has 12 heavy (non-hydrogen) atoms. The second-order valence-electron chi connectivity index (χ2n) is 1.88. The fourth-order valence-electron chi connectivity index (χ4n) is 0.657. The highest BCUT2D eigenvalue weighted by Crippen LogP contribution is 2.20. The van der Waals surface area contributed by atoms with Crippen molar-refractivity contribution in [2.75, 3.05) is 4.03 Å². The minimum atomic E-state index is -0.966. The number of hydrogen-bond donors (Lipinski definition) is 1. The topological polar surface area (TPSA) is 29.3 Å². The normalized spacial score (nSPS) is 9.00. The van der Waals surface area contributed by atoms with Gasteiger partial charge >= 0.3 is 0 Å². The summed E-state index contributed by atoms with van der Waals surface area (Å²) in [5.41, 5.74) is -0.0370. The van der Waals surface area contributed by atoms with Gasteiger partial charge in [0.2, 0.25) is 0 Å². The van der Waals surface area contributed by atoms with Gasteiger partial charge in [-0.25, -0.2) is 18.7 Å². The molecule has 2 N–H and O–H groups in total. The number of nitrogens with zero attached hydrogens (tertiary/aromatic N) is 1. The summed E-state index contributed by atoms with van der Waals surface area (Å²) < 4.78 is 26.0. The van der Waals surface area contributed by atoms with Crippen LogP contribution in [0.2, 0.25) is 0 Å². The Morgan fingerprint density at radius 2 is 1.92 bits per heavy atom. The molecule has 0 atom stereocenters. The van der Waals surface area contributed by atoms with E-state index in [9.17, 15) is 8.78 Å². The first-order valence-corrected chi connectivity index (χ1v) is 3.48. The highest BCUT2D eigenvalue weighted by molar-refractivity contribution is 9.10. The molecular formula is C6H6BrClF2N2. The molecule has 0 aliphatic carbocycles. The van der Waals surface area contributed by atoms with E-state index in [-0.39, 0.29) is 18.1 Å². The van der Waals surface area contributed by atoms with E-state index in [4.69, 9.17) is 5.84 Å². The van der Waals surface area contributed by atoms with Crippen molar-refractivity contribution in [3.05, 3.63) is 29.8 Å². The molecule has 0 amide bonds. The summed E-state index contributed by atoms with van der Waals surface area (Å²) >= 11 is 2.77. The van der Waals surface area contributed by atoms with Gasteiger partial charge in [-0.2, -0.15) is 0 Å². The lowest BCUT2D eigenvalue weighted by Gasteiger charge is -2.09. The molecule has 6 heteroatoms. The molecule has 68 valence electrons. The number of hydrazine groups is 1. The molecule has 0 spiro atoms. The van der Waals surface area contributed by atoms with Crippen LogP contribution >= 0.6 is 28.6 Å². The van der Waals surface area contributed by atoms with Crippen molar-refractivity contribution in [1.29, 1.82) is 0 Å². The third-order valence-electron chi connectivity index (χ3n) is 1.16. The standard InChI is InChI=1S/C6H5BrF2N2.ClH/c7-11(10)5-3-1-2-4(8)6(5)9;/h1-3H,10H2;1H. The van der Waals surface area contributed by atoms with Crippen LogP contribution in [-0.2, 0) is 0 Å². The zero-order chi connectivity index (χ0) is 8.43. The summed E-state index contributed by atoms with van der Waals surface area (Å²) in [6.45, 7) is 0. The van der Waals surface area contributed by atoms with Crippen LogP contribution in [0.5, 0.6) is 0 Å². The summed E-state index contributed by atoms with van der Waals surface area (Å²) in [7, 11) is 0. The van der Waals surface area contributed by atoms with E-state index in [0.29, 0.717) is 0 Å². The Balaban J connectivity index is 0.00000121. The smallest absolute Gasteiger partial charge is 0.184 e. The Morgan fingerprint density at radius 1 is 1.33 bits per heavy atom. The van der Waals surface area contributed by atoms with Gasteiger partial charge in [0, 0.05) is 0 Å². The summed E-state index contributed by atoms with van der Waals surface area (Å²) in [5.74, 6) is 3.24. The second kappa shape index (κ2) is 4.59. The lowest BCUT2D eigenvalue weighted by molar-refractivity contribution is 0.510. The lowest BCUT2D eigenvalue weighted by atomic mass is 10.3. The maximum absolute atomic E-state index is 12.7. The predicted octanol–water partition coefficient (Wildman–Crippen LogP) is 2.38. The number of hydrogen-bond acceptors (Lipinski definition) is 2. The summed E-state index contributed by atoms with van der Waals surface area (Å²) in [6, 6.07) is 3.75. The van der Waals surface area contributed by atoms with E-state index in [0.717, 1.165) is 10.1 Å². The molecule has 0 unspecified atom stereocenters. The summed E-state index contributed by atoms with van der Waals surface area (Å²) in [6.07, 6.45) is 0. The van der Waals surface area contributed by atoms with Crippen LogP contribution in [0, 0.1) is 11.6 Å². The quantitative estimate of drug-likeness (QED) is 0.477. The van der Waals surface area contributed by atoms with Crippen molar-refractivity contribution in [2.45, 2.75) is 0 Å². The van der Waals surface area contributed by atoms with Gasteiger partial charge in [-0.1, -0.05) is 6.07 Å². The van der Waals surface area contributed by atoms with Crippen LogP contribution in [-0.4, -0.2) is 0 Å². The van der Waals surface area contributed by atoms with Crippen molar-refractivity contribution >= 4 is 34.2 Å². The molecule has 0 radical (unpaired) electrons. The van der Waals surface area contributed by atoms with Crippen molar-refractivity contribution in [1.82, 2.24) is 0 Å². The Bertz CT molecular complexity index is 270. The van der Waals surface area contributed by atoms with E-state index in [1.807, 2.05) is 0 Å². The van der Waals surface area contributed by atoms with Crippen LogP contribution in [0.3, 0.4) is 0 Å². The molecule has 0 saturated heterocycles. The molecule has 1 aromatic rings. The fourth-order valence-corrected chi connectivity index (χ4v) is 0.931. The molecule has 0 aliphatic heterocycles. The van der Waals surface area contributed by atoms with Gasteiger partial charge in [-0.05, 0) is 12.1 Å². The van der Waals surface area contributed by atoms with Crippen LogP contribution in [0.15, 0.2) is 18.2 Å². The van der Waals surface area contributed by atoms with Gasteiger partial charge in [0.15, 0.2) is 11.6 Å². The number of anilines is 1. The highest BCUT2D eigenvalue weighted by Gasteiger charge is 2.09. The Hall–Kier alpha value is -0.390. The average Bonchev–Trinajstić information content (AvgIpc) is 1.94. The van der Waals surface area contributed by atoms with Crippen LogP contribution in [0.25, 0.3) is 0 Å². The maximum Gasteiger partial charge on any atom is 0.184 e. The molecule has 1 rings (SSSR count). The van der Waals surface area contributed by atoms with Gasteiger partial charge in [0.25, 0.3) is 0 Å². The number of benzene rings is 1. The number of rotatable bonds is 1. The van der Waals surface area contributed by atoms with Crippen molar-refractivity contribution in [3.63, 3.8) is 0 Å². The number of halogens is 4. The molecule has 0 saturated carbocycles. The second-order valence-corrected chi connectivity index (χ2v) is 2.65. The minimum absolute atomic E-state index is 0. The minimum Gasteiger partial charge on any atom is -0.242 e. The zero-order valence-corrected chi connectivity index (χ0v) is 8.20. The molecular weight excluding hydrogens is 253 g/mol. The fraction of sp³-hybridized carbons (Fsp3) is 0. The zero-order valence-electron chi connectivity index (χ0n) is 5.80. The van der Waals surface area contributed by atoms with Gasteiger partial charge in [0.05, 0.1) is 16.1 Å². The van der Waals surface area contributed by atoms with Gasteiger partial charge in [0.1, 0.15) is 5.69 Å². The third-order valence-corrected chi connectivity index (χ3v) is 1.54. The van der Waals surface area contributed by atoms with Crippen LogP contribution < -0.4 is 9.88 Å². The number of nitrogens with two attached hydrogens (primary N) is 1. The molecule has 0 aromatic heterocycles. The van der Waals surface area contributed by atoms with Crippen LogP contribution in [0.4, 0.5) is 14.5 Å². The molecule has 2 nitrogen and oxygen atoms in total. The van der Waals surface area contributed by atoms with Crippen molar-refractivity contribution in [2.24, 2.45) is 5.84 Å². The molecule has 0 aliphatic rings. The Morgan fingerprint density at radius 3 is 2.33 bits per heavy atom.